The number of carbonyl (C=O) groups excluding carboxylic acids is 1. The maximum atomic E-state index is 11.9. The number of rotatable bonds is 4. The summed E-state index contributed by atoms with van der Waals surface area (Å²) in [4.78, 5) is 11.9. The Morgan fingerprint density at radius 3 is 2.19 bits per heavy atom. The van der Waals surface area contributed by atoms with Crippen molar-refractivity contribution in [1.82, 2.24) is 0 Å². The molecule has 1 saturated carbocycles. The Balaban J connectivity index is 0.00000117. The number of aryl methyl sites for hydroxylation is 1. The van der Waals surface area contributed by atoms with Gasteiger partial charge in [0.05, 0.1) is 12.5 Å². The number of allylic oxidation sites excluding steroid dienone is 2. The highest BCUT2D eigenvalue weighted by molar-refractivity contribution is 5.72. The van der Waals surface area contributed by atoms with Gasteiger partial charge in [0, 0.05) is 0 Å². The van der Waals surface area contributed by atoms with E-state index in [-0.39, 0.29) is 11.9 Å². The highest BCUT2D eigenvalue weighted by Crippen LogP contribution is 2.41. The molecule has 2 aliphatic carbocycles. The Morgan fingerprint density at radius 1 is 1.00 bits per heavy atom. The largest absolute Gasteiger partial charge is 0.466 e. The van der Waals surface area contributed by atoms with E-state index >= 15 is 0 Å². The summed E-state index contributed by atoms with van der Waals surface area (Å²) in [5.41, 5.74) is 4.24. The molecule has 1 aromatic rings. The van der Waals surface area contributed by atoms with E-state index in [9.17, 15) is 4.79 Å². The molecule has 3 rings (SSSR count). The normalized spacial score (nSPS) is 25.5. The SMILES string of the molecule is CC.CCOC(=O)C1CCC(C2CC=C(c3ccc(C)cc3)CC2)CC1. The first kappa shape index (κ1) is 20.7. The van der Waals surface area contributed by atoms with Crippen molar-refractivity contribution in [1.29, 1.82) is 0 Å². The molecule has 0 aliphatic heterocycles. The first-order chi connectivity index (χ1) is 12.7. The molecular weight excluding hydrogens is 320 g/mol. The molecule has 2 aliphatic rings. The van der Waals surface area contributed by atoms with Crippen molar-refractivity contribution in [2.24, 2.45) is 17.8 Å². The van der Waals surface area contributed by atoms with E-state index < -0.39 is 0 Å². The zero-order chi connectivity index (χ0) is 18.9. The molecule has 1 atom stereocenters. The van der Waals surface area contributed by atoms with Gasteiger partial charge in [0.15, 0.2) is 0 Å². The number of hydrogen-bond acceptors (Lipinski definition) is 2. The summed E-state index contributed by atoms with van der Waals surface area (Å²) in [6, 6.07) is 8.93. The van der Waals surface area contributed by atoms with Crippen LogP contribution < -0.4 is 0 Å². The second kappa shape index (κ2) is 10.5. The van der Waals surface area contributed by atoms with Crippen molar-refractivity contribution >= 4 is 11.5 Å². The van der Waals surface area contributed by atoms with E-state index in [0.29, 0.717) is 6.61 Å². The summed E-state index contributed by atoms with van der Waals surface area (Å²) >= 11 is 0. The molecule has 0 amide bonds. The molecule has 0 spiro atoms. The quantitative estimate of drug-likeness (QED) is 0.570. The van der Waals surface area contributed by atoms with E-state index in [1.807, 2.05) is 20.8 Å². The maximum Gasteiger partial charge on any atom is 0.308 e. The second-order valence-electron chi connectivity index (χ2n) is 7.49. The monoisotopic (exact) mass is 356 g/mol. The molecular formula is C24H36O2. The van der Waals surface area contributed by atoms with Crippen molar-refractivity contribution < 1.29 is 9.53 Å². The van der Waals surface area contributed by atoms with Crippen molar-refractivity contribution in [3.63, 3.8) is 0 Å². The highest BCUT2D eigenvalue weighted by atomic mass is 16.5. The predicted octanol–water partition coefficient (Wildman–Crippen LogP) is 6.57. The van der Waals surface area contributed by atoms with Gasteiger partial charge in [0.25, 0.3) is 0 Å². The number of benzene rings is 1. The van der Waals surface area contributed by atoms with E-state index in [1.54, 1.807) is 0 Å². The Morgan fingerprint density at radius 2 is 1.65 bits per heavy atom. The molecule has 0 radical (unpaired) electrons. The molecule has 1 aromatic carbocycles. The minimum absolute atomic E-state index is 0.0288. The molecule has 26 heavy (non-hydrogen) atoms. The first-order valence-corrected chi connectivity index (χ1v) is 10.6. The molecule has 1 fully saturated rings. The predicted molar refractivity (Wildman–Crippen MR) is 110 cm³/mol. The molecule has 0 N–H and O–H groups in total. The first-order valence-electron chi connectivity index (χ1n) is 10.6. The van der Waals surface area contributed by atoms with Crippen LogP contribution in [0.3, 0.4) is 0 Å². The van der Waals surface area contributed by atoms with Crippen LogP contribution in [0.2, 0.25) is 0 Å². The molecule has 0 aromatic heterocycles. The molecule has 2 nitrogen and oxygen atoms in total. The topological polar surface area (TPSA) is 26.3 Å². The molecule has 0 saturated heterocycles. The third-order valence-electron chi connectivity index (χ3n) is 5.93. The fraction of sp³-hybridized carbons (Fsp3) is 0.625. The van der Waals surface area contributed by atoms with E-state index in [2.05, 4.69) is 37.3 Å². The summed E-state index contributed by atoms with van der Waals surface area (Å²) in [6.45, 7) is 8.54. The van der Waals surface area contributed by atoms with Crippen LogP contribution in [0.25, 0.3) is 5.57 Å². The fourth-order valence-electron chi connectivity index (χ4n) is 4.40. The third kappa shape index (κ3) is 5.46. The number of ether oxygens (including phenoxy) is 1. The van der Waals surface area contributed by atoms with Crippen LogP contribution in [0.4, 0.5) is 0 Å². The lowest BCUT2D eigenvalue weighted by Gasteiger charge is -2.34. The van der Waals surface area contributed by atoms with Gasteiger partial charge in [-0.15, -0.1) is 0 Å². The number of carbonyl (C=O) groups is 1. The smallest absolute Gasteiger partial charge is 0.308 e. The van der Waals surface area contributed by atoms with Gasteiger partial charge in [-0.2, -0.15) is 0 Å². The van der Waals surface area contributed by atoms with Gasteiger partial charge >= 0.3 is 5.97 Å². The Kier molecular flexibility index (Phi) is 8.41. The Bertz CT molecular complexity index is 577. The minimum atomic E-state index is 0.0288. The molecule has 1 unspecified atom stereocenters. The number of esters is 1. The Labute approximate surface area is 160 Å². The van der Waals surface area contributed by atoms with Crippen LogP contribution in [0.1, 0.15) is 76.8 Å². The van der Waals surface area contributed by atoms with Crippen LogP contribution in [0.5, 0.6) is 0 Å². The van der Waals surface area contributed by atoms with Crippen molar-refractivity contribution in [3.05, 3.63) is 41.5 Å². The molecule has 2 heteroatoms. The van der Waals surface area contributed by atoms with Crippen LogP contribution >= 0.6 is 0 Å². The van der Waals surface area contributed by atoms with Crippen LogP contribution in [-0.4, -0.2) is 12.6 Å². The molecule has 144 valence electrons. The fourth-order valence-corrected chi connectivity index (χ4v) is 4.40. The summed E-state index contributed by atoms with van der Waals surface area (Å²) in [7, 11) is 0. The maximum absolute atomic E-state index is 11.9. The van der Waals surface area contributed by atoms with Gasteiger partial charge in [0.1, 0.15) is 0 Å². The zero-order valence-electron chi connectivity index (χ0n) is 17.1. The average Bonchev–Trinajstić information content (AvgIpc) is 2.71. The summed E-state index contributed by atoms with van der Waals surface area (Å²) in [5.74, 6) is 1.79. The van der Waals surface area contributed by atoms with Crippen molar-refractivity contribution in [3.8, 4) is 0 Å². The summed E-state index contributed by atoms with van der Waals surface area (Å²) in [5, 5.41) is 0. The Hall–Kier alpha value is -1.57. The number of hydrogen-bond donors (Lipinski definition) is 0. The summed E-state index contributed by atoms with van der Waals surface area (Å²) in [6.07, 6.45) is 10.6. The van der Waals surface area contributed by atoms with Crippen LogP contribution in [0, 0.1) is 24.7 Å². The van der Waals surface area contributed by atoms with E-state index in [4.69, 9.17) is 4.74 Å². The van der Waals surface area contributed by atoms with E-state index in [0.717, 1.165) is 24.7 Å². The lowest BCUT2D eigenvalue weighted by molar-refractivity contribution is -0.149. The van der Waals surface area contributed by atoms with Gasteiger partial charge in [-0.3, -0.25) is 4.79 Å². The van der Waals surface area contributed by atoms with Gasteiger partial charge in [-0.1, -0.05) is 49.8 Å². The van der Waals surface area contributed by atoms with Crippen molar-refractivity contribution in [2.45, 2.75) is 72.6 Å². The zero-order valence-corrected chi connectivity index (χ0v) is 17.1. The summed E-state index contributed by atoms with van der Waals surface area (Å²) < 4.78 is 5.19. The van der Waals surface area contributed by atoms with Gasteiger partial charge in [-0.05, 0) is 81.8 Å². The van der Waals surface area contributed by atoms with Gasteiger partial charge < -0.3 is 4.74 Å². The minimum Gasteiger partial charge on any atom is -0.466 e. The second-order valence-corrected chi connectivity index (χ2v) is 7.49. The van der Waals surface area contributed by atoms with E-state index in [1.165, 1.54) is 48.8 Å². The van der Waals surface area contributed by atoms with Crippen molar-refractivity contribution in [2.75, 3.05) is 6.61 Å². The molecule has 0 bridgehead atoms. The van der Waals surface area contributed by atoms with Crippen LogP contribution in [-0.2, 0) is 9.53 Å². The lowest BCUT2D eigenvalue weighted by Crippen LogP contribution is -2.27. The lowest BCUT2D eigenvalue weighted by atomic mass is 9.71. The third-order valence-corrected chi connectivity index (χ3v) is 5.93. The molecule has 0 heterocycles. The highest BCUT2D eigenvalue weighted by Gasteiger charge is 2.31. The average molecular weight is 357 g/mol. The van der Waals surface area contributed by atoms with Gasteiger partial charge in [0.2, 0.25) is 0 Å². The standard InChI is InChI=1S/C22H30O2.C2H6/c1-3-24-22(23)21-14-12-20(13-15-21)19-10-8-18(9-11-19)17-6-4-16(2)5-7-17;1-2/h4-8,19-21H,3,9-15H2,1-2H3;1-2H3. The van der Waals surface area contributed by atoms with Gasteiger partial charge in [-0.25, -0.2) is 0 Å². The van der Waals surface area contributed by atoms with Crippen LogP contribution in [0.15, 0.2) is 30.3 Å².